The molecule has 1 amide bonds. The Hall–Kier alpha value is -3.66. The smallest absolute Gasteiger partial charge is 0.251 e. The summed E-state index contributed by atoms with van der Waals surface area (Å²) in [5.41, 5.74) is 3.55. The number of hydrogen-bond donors (Lipinski definition) is 1. The van der Waals surface area contributed by atoms with Crippen molar-refractivity contribution in [2.24, 2.45) is 0 Å². The van der Waals surface area contributed by atoms with Crippen molar-refractivity contribution in [2.45, 2.75) is 26.6 Å². The van der Waals surface area contributed by atoms with Crippen LogP contribution in [0.4, 0.5) is 4.39 Å². The van der Waals surface area contributed by atoms with E-state index in [-0.39, 0.29) is 5.91 Å². The first-order chi connectivity index (χ1) is 15.2. The van der Waals surface area contributed by atoms with Gasteiger partial charge in [-0.3, -0.25) is 4.79 Å². The first-order valence-electron chi connectivity index (χ1n) is 10.4. The zero-order valence-electron chi connectivity index (χ0n) is 17.4. The molecule has 0 radical (unpaired) electrons. The molecule has 31 heavy (non-hydrogen) atoms. The largest absolute Gasteiger partial charge is 0.457 e. The van der Waals surface area contributed by atoms with Crippen LogP contribution in [0.25, 0.3) is 10.8 Å². The molecule has 0 bridgehead atoms. The number of benzene rings is 4. The van der Waals surface area contributed by atoms with Gasteiger partial charge in [0.05, 0.1) is 0 Å². The lowest BCUT2D eigenvalue weighted by molar-refractivity contribution is 0.0951. The zero-order valence-corrected chi connectivity index (χ0v) is 17.4. The van der Waals surface area contributed by atoms with Crippen molar-refractivity contribution in [2.75, 3.05) is 0 Å². The molecule has 3 nitrogen and oxygen atoms in total. The monoisotopic (exact) mass is 413 g/mol. The van der Waals surface area contributed by atoms with Crippen LogP contribution in [0.5, 0.6) is 11.5 Å². The first-order valence-corrected chi connectivity index (χ1v) is 10.4. The van der Waals surface area contributed by atoms with Crippen molar-refractivity contribution in [3.8, 4) is 11.5 Å². The average molecular weight is 413 g/mol. The number of carbonyl (C=O) groups excluding carboxylic acids is 1. The predicted molar refractivity (Wildman–Crippen MR) is 122 cm³/mol. The Morgan fingerprint density at radius 2 is 1.65 bits per heavy atom. The summed E-state index contributed by atoms with van der Waals surface area (Å²) in [6, 6.07) is 26.5. The van der Waals surface area contributed by atoms with Crippen LogP contribution in [0.15, 0.2) is 84.9 Å². The molecule has 0 aliphatic rings. The summed E-state index contributed by atoms with van der Waals surface area (Å²) in [6.45, 7) is 2.11. The number of rotatable bonds is 7. The maximum absolute atomic E-state index is 12.7. The maximum Gasteiger partial charge on any atom is 0.251 e. The molecule has 0 saturated carbocycles. The molecular weight excluding hydrogens is 389 g/mol. The number of carbonyl (C=O) groups is 1. The number of nitrogens with one attached hydrogen (secondary N) is 1. The van der Waals surface area contributed by atoms with Gasteiger partial charge >= 0.3 is 0 Å². The molecule has 0 fully saturated rings. The summed E-state index contributed by atoms with van der Waals surface area (Å²) >= 11 is 0. The zero-order chi connectivity index (χ0) is 21.6. The molecule has 156 valence electrons. The van der Waals surface area contributed by atoms with E-state index in [0.717, 1.165) is 22.8 Å². The summed E-state index contributed by atoms with van der Waals surface area (Å²) in [4.78, 5) is 12.7. The SMILES string of the molecule is CCc1cccc(CNC(=O)c2ccc3c(Oc4ccc(CF)cc4)cccc3c2)c1. The fraction of sp³-hybridized carbons (Fsp3) is 0.148. The summed E-state index contributed by atoms with van der Waals surface area (Å²) < 4.78 is 18.7. The van der Waals surface area contributed by atoms with Gasteiger partial charge < -0.3 is 10.1 Å². The molecule has 4 heteroatoms. The van der Waals surface area contributed by atoms with Crippen LogP contribution in [0.3, 0.4) is 0 Å². The molecule has 0 heterocycles. The van der Waals surface area contributed by atoms with E-state index in [0.29, 0.717) is 29.2 Å². The highest BCUT2D eigenvalue weighted by Gasteiger charge is 2.09. The van der Waals surface area contributed by atoms with Gasteiger partial charge in [-0.25, -0.2) is 4.39 Å². The maximum atomic E-state index is 12.7. The summed E-state index contributed by atoms with van der Waals surface area (Å²) in [7, 11) is 0. The van der Waals surface area contributed by atoms with Gasteiger partial charge in [-0.05, 0) is 64.9 Å². The second-order valence-corrected chi connectivity index (χ2v) is 7.43. The van der Waals surface area contributed by atoms with Gasteiger partial charge in [-0.1, -0.05) is 55.5 Å². The van der Waals surface area contributed by atoms with E-state index in [2.05, 4.69) is 24.4 Å². The molecule has 4 aromatic rings. The number of aryl methyl sites for hydroxylation is 1. The Bertz CT molecular complexity index is 1200. The minimum absolute atomic E-state index is 0.114. The molecular formula is C27H24FNO2. The fourth-order valence-electron chi connectivity index (χ4n) is 3.50. The van der Waals surface area contributed by atoms with E-state index in [1.807, 2.05) is 42.5 Å². The second kappa shape index (κ2) is 9.43. The molecule has 0 aliphatic heterocycles. The predicted octanol–water partition coefficient (Wildman–Crippen LogP) is 6.59. The van der Waals surface area contributed by atoms with Gasteiger partial charge in [0.25, 0.3) is 5.91 Å². The van der Waals surface area contributed by atoms with Gasteiger partial charge in [0.1, 0.15) is 18.2 Å². The van der Waals surface area contributed by atoms with Gasteiger partial charge in [0.15, 0.2) is 0 Å². The van der Waals surface area contributed by atoms with E-state index in [1.54, 1.807) is 30.3 Å². The lowest BCUT2D eigenvalue weighted by Gasteiger charge is -2.11. The minimum Gasteiger partial charge on any atom is -0.457 e. The Balaban J connectivity index is 1.50. The Morgan fingerprint density at radius 1 is 0.871 bits per heavy atom. The number of alkyl halides is 1. The quantitative estimate of drug-likeness (QED) is 0.371. The van der Waals surface area contributed by atoms with Crippen molar-refractivity contribution in [1.82, 2.24) is 5.32 Å². The van der Waals surface area contributed by atoms with E-state index >= 15 is 0 Å². The topological polar surface area (TPSA) is 38.3 Å². The van der Waals surface area contributed by atoms with Crippen LogP contribution in [-0.4, -0.2) is 5.91 Å². The Morgan fingerprint density at radius 3 is 2.42 bits per heavy atom. The van der Waals surface area contributed by atoms with Crippen LogP contribution in [0, 0.1) is 0 Å². The molecule has 1 N–H and O–H groups in total. The van der Waals surface area contributed by atoms with Crippen molar-refractivity contribution >= 4 is 16.7 Å². The van der Waals surface area contributed by atoms with Crippen LogP contribution < -0.4 is 10.1 Å². The third kappa shape index (κ3) is 4.92. The Labute approximate surface area is 181 Å². The average Bonchev–Trinajstić information content (AvgIpc) is 2.83. The number of ether oxygens (including phenoxy) is 1. The second-order valence-electron chi connectivity index (χ2n) is 7.43. The highest BCUT2D eigenvalue weighted by molar-refractivity contribution is 5.99. The highest BCUT2D eigenvalue weighted by atomic mass is 19.1. The molecule has 0 unspecified atom stereocenters. The normalized spacial score (nSPS) is 10.8. The molecule has 0 atom stereocenters. The summed E-state index contributed by atoms with van der Waals surface area (Å²) in [5, 5.41) is 4.82. The third-order valence-corrected chi connectivity index (χ3v) is 5.26. The summed E-state index contributed by atoms with van der Waals surface area (Å²) in [6.07, 6.45) is 0.969. The van der Waals surface area contributed by atoms with Crippen molar-refractivity contribution < 1.29 is 13.9 Å². The summed E-state index contributed by atoms with van der Waals surface area (Å²) in [5.74, 6) is 1.21. The molecule has 0 aromatic heterocycles. The van der Waals surface area contributed by atoms with Gasteiger partial charge in [-0.15, -0.1) is 0 Å². The van der Waals surface area contributed by atoms with Crippen LogP contribution in [0.1, 0.15) is 34.0 Å². The van der Waals surface area contributed by atoms with E-state index in [4.69, 9.17) is 4.74 Å². The Kier molecular flexibility index (Phi) is 6.27. The number of fused-ring (bicyclic) bond motifs is 1. The van der Waals surface area contributed by atoms with E-state index in [1.165, 1.54) is 5.56 Å². The van der Waals surface area contributed by atoms with E-state index in [9.17, 15) is 9.18 Å². The molecule has 0 spiro atoms. The van der Waals surface area contributed by atoms with Gasteiger partial charge in [0.2, 0.25) is 0 Å². The van der Waals surface area contributed by atoms with Crippen LogP contribution in [-0.2, 0) is 19.6 Å². The van der Waals surface area contributed by atoms with Crippen molar-refractivity contribution in [3.63, 3.8) is 0 Å². The van der Waals surface area contributed by atoms with Gasteiger partial charge in [0, 0.05) is 17.5 Å². The minimum atomic E-state index is -0.497. The molecule has 4 rings (SSSR count). The number of hydrogen-bond acceptors (Lipinski definition) is 2. The molecule has 0 saturated heterocycles. The number of amides is 1. The first kappa shape index (κ1) is 20.6. The molecule has 4 aromatic carbocycles. The third-order valence-electron chi connectivity index (χ3n) is 5.26. The number of halogens is 1. The van der Waals surface area contributed by atoms with Crippen molar-refractivity contribution in [3.05, 3.63) is 107 Å². The lowest BCUT2D eigenvalue weighted by Crippen LogP contribution is -2.22. The van der Waals surface area contributed by atoms with Crippen LogP contribution >= 0.6 is 0 Å². The fourth-order valence-corrected chi connectivity index (χ4v) is 3.50. The molecule has 0 aliphatic carbocycles. The van der Waals surface area contributed by atoms with Gasteiger partial charge in [-0.2, -0.15) is 0 Å². The standard InChI is InChI=1S/C27H24FNO2/c1-2-19-5-3-6-21(15-19)18-29-27(30)23-11-14-25-22(16-23)7-4-8-26(25)31-24-12-9-20(17-28)10-13-24/h3-16H,2,17-18H2,1H3,(H,29,30). The van der Waals surface area contributed by atoms with Crippen molar-refractivity contribution in [1.29, 1.82) is 0 Å². The lowest BCUT2D eigenvalue weighted by atomic mass is 10.1. The van der Waals surface area contributed by atoms with Crippen LogP contribution in [0.2, 0.25) is 0 Å². The van der Waals surface area contributed by atoms with E-state index < -0.39 is 6.67 Å². The highest BCUT2D eigenvalue weighted by Crippen LogP contribution is 2.30.